The summed E-state index contributed by atoms with van der Waals surface area (Å²) in [5.41, 5.74) is 2.15. The molecule has 3 rings (SSSR count). The quantitative estimate of drug-likeness (QED) is 0.843. The average Bonchev–Trinajstić information content (AvgIpc) is 2.65. The zero-order valence-electron chi connectivity index (χ0n) is 14.6. The number of piperazine rings is 1. The Labute approximate surface area is 158 Å². The SMILES string of the molecule is O=C(CN1CCN(Cc2ccc(Cl)cc2)CC1)NCc1ccc(F)cc1. The molecule has 0 aliphatic carbocycles. The molecular weight excluding hydrogens is 353 g/mol. The van der Waals surface area contributed by atoms with Gasteiger partial charge < -0.3 is 5.32 Å². The van der Waals surface area contributed by atoms with Crippen molar-refractivity contribution in [1.29, 1.82) is 0 Å². The van der Waals surface area contributed by atoms with Crippen molar-refractivity contribution >= 4 is 17.5 Å². The van der Waals surface area contributed by atoms with Crippen LogP contribution in [-0.4, -0.2) is 48.4 Å². The minimum absolute atomic E-state index is 0.000441. The highest BCUT2D eigenvalue weighted by Crippen LogP contribution is 2.13. The van der Waals surface area contributed by atoms with Crippen LogP contribution in [0.5, 0.6) is 0 Å². The van der Waals surface area contributed by atoms with E-state index in [1.807, 2.05) is 12.1 Å². The molecule has 1 aliphatic rings. The second-order valence-electron chi connectivity index (χ2n) is 6.58. The lowest BCUT2D eigenvalue weighted by Gasteiger charge is -2.34. The molecule has 1 fully saturated rings. The van der Waals surface area contributed by atoms with Gasteiger partial charge in [0.25, 0.3) is 0 Å². The molecule has 0 bridgehead atoms. The molecular formula is C20H23ClFN3O. The van der Waals surface area contributed by atoms with Crippen molar-refractivity contribution in [1.82, 2.24) is 15.1 Å². The fourth-order valence-electron chi connectivity index (χ4n) is 3.02. The second kappa shape index (κ2) is 9.12. The van der Waals surface area contributed by atoms with E-state index in [2.05, 4.69) is 27.2 Å². The Bertz CT molecular complexity index is 713. The highest BCUT2D eigenvalue weighted by atomic mass is 35.5. The Hall–Kier alpha value is -1.95. The van der Waals surface area contributed by atoms with Gasteiger partial charge in [-0.15, -0.1) is 0 Å². The molecule has 4 nitrogen and oxygen atoms in total. The van der Waals surface area contributed by atoms with E-state index in [0.717, 1.165) is 43.3 Å². The van der Waals surface area contributed by atoms with Crippen molar-refractivity contribution in [2.75, 3.05) is 32.7 Å². The van der Waals surface area contributed by atoms with Crippen molar-refractivity contribution < 1.29 is 9.18 Å². The Kier molecular flexibility index (Phi) is 6.61. The van der Waals surface area contributed by atoms with Crippen LogP contribution in [0, 0.1) is 5.82 Å². The first-order valence-electron chi connectivity index (χ1n) is 8.79. The standard InChI is InChI=1S/C20H23ClFN3O/c21-18-5-1-17(2-6-18)14-24-9-11-25(12-10-24)15-20(26)23-13-16-3-7-19(22)8-4-16/h1-8H,9-15H2,(H,23,26). The molecule has 0 unspecified atom stereocenters. The van der Waals surface area contributed by atoms with Crippen molar-refractivity contribution in [3.05, 3.63) is 70.5 Å². The van der Waals surface area contributed by atoms with Crippen molar-refractivity contribution in [2.45, 2.75) is 13.1 Å². The summed E-state index contributed by atoms with van der Waals surface area (Å²) in [7, 11) is 0. The lowest BCUT2D eigenvalue weighted by Crippen LogP contribution is -2.49. The number of hydrogen-bond acceptors (Lipinski definition) is 3. The molecule has 26 heavy (non-hydrogen) atoms. The Morgan fingerprint density at radius 1 is 0.923 bits per heavy atom. The molecule has 1 heterocycles. The van der Waals surface area contributed by atoms with Gasteiger partial charge in [0.05, 0.1) is 6.54 Å². The van der Waals surface area contributed by atoms with Gasteiger partial charge in [0.1, 0.15) is 5.82 Å². The molecule has 1 amide bonds. The fraction of sp³-hybridized carbons (Fsp3) is 0.350. The molecule has 6 heteroatoms. The summed E-state index contributed by atoms with van der Waals surface area (Å²) in [6.45, 7) is 5.35. The van der Waals surface area contributed by atoms with Gasteiger partial charge in [0.2, 0.25) is 5.91 Å². The van der Waals surface area contributed by atoms with Crippen LogP contribution in [0.2, 0.25) is 5.02 Å². The molecule has 1 saturated heterocycles. The van der Waals surface area contributed by atoms with Gasteiger partial charge >= 0.3 is 0 Å². The zero-order chi connectivity index (χ0) is 18.4. The molecule has 0 saturated carbocycles. The number of benzene rings is 2. The average molecular weight is 376 g/mol. The first kappa shape index (κ1) is 18.8. The smallest absolute Gasteiger partial charge is 0.234 e. The van der Waals surface area contributed by atoms with E-state index in [1.54, 1.807) is 12.1 Å². The van der Waals surface area contributed by atoms with E-state index in [9.17, 15) is 9.18 Å². The van der Waals surface area contributed by atoms with Gasteiger partial charge in [0, 0.05) is 44.3 Å². The van der Waals surface area contributed by atoms with E-state index in [1.165, 1.54) is 17.7 Å². The highest BCUT2D eigenvalue weighted by Gasteiger charge is 2.18. The van der Waals surface area contributed by atoms with Gasteiger partial charge in [-0.25, -0.2) is 4.39 Å². The van der Waals surface area contributed by atoms with E-state index in [4.69, 9.17) is 11.6 Å². The van der Waals surface area contributed by atoms with Crippen LogP contribution in [0.15, 0.2) is 48.5 Å². The maximum absolute atomic E-state index is 12.9. The summed E-state index contributed by atoms with van der Waals surface area (Å²) < 4.78 is 12.9. The molecule has 2 aromatic carbocycles. The van der Waals surface area contributed by atoms with Crippen LogP contribution >= 0.6 is 11.6 Å². The van der Waals surface area contributed by atoms with Crippen molar-refractivity contribution in [2.24, 2.45) is 0 Å². The van der Waals surface area contributed by atoms with E-state index in [-0.39, 0.29) is 11.7 Å². The van der Waals surface area contributed by atoms with E-state index < -0.39 is 0 Å². The molecule has 0 spiro atoms. The molecule has 2 aromatic rings. The number of nitrogens with zero attached hydrogens (tertiary/aromatic N) is 2. The third-order valence-electron chi connectivity index (χ3n) is 4.55. The van der Waals surface area contributed by atoms with Crippen LogP contribution in [0.1, 0.15) is 11.1 Å². The Morgan fingerprint density at radius 2 is 1.50 bits per heavy atom. The first-order chi connectivity index (χ1) is 12.6. The molecule has 0 aromatic heterocycles. The summed E-state index contributed by atoms with van der Waals surface area (Å²) in [6.07, 6.45) is 0. The van der Waals surface area contributed by atoms with E-state index in [0.29, 0.717) is 13.1 Å². The number of carbonyl (C=O) groups excluding carboxylic acids is 1. The van der Waals surface area contributed by atoms with Crippen LogP contribution in [0.3, 0.4) is 0 Å². The number of hydrogen-bond donors (Lipinski definition) is 1. The van der Waals surface area contributed by atoms with Crippen LogP contribution in [0.4, 0.5) is 4.39 Å². The predicted octanol–water partition coefficient (Wildman–Crippen LogP) is 2.91. The molecule has 138 valence electrons. The van der Waals surface area contributed by atoms with Gasteiger partial charge in [-0.05, 0) is 35.4 Å². The molecule has 0 radical (unpaired) electrons. The largest absolute Gasteiger partial charge is 0.351 e. The second-order valence-corrected chi connectivity index (χ2v) is 7.02. The minimum atomic E-state index is -0.267. The molecule has 1 aliphatic heterocycles. The Balaban J connectivity index is 1.37. The van der Waals surface area contributed by atoms with Crippen molar-refractivity contribution in [3.63, 3.8) is 0 Å². The van der Waals surface area contributed by atoms with Gasteiger partial charge in [-0.2, -0.15) is 0 Å². The number of halogens is 2. The normalized spacial score (nSPS) is 15.8. The first-order valence-corrected chi connectivity index (χ1v) is 9.16. The molecule has 1 N–H and O–H groups in total. The lowest BCUT2D eigenvalue weighted by atomic mass is 10.2. The summed E-state index contributed by atoms with van der Waals surface area (Å²) in [5.74, 6) is -0.267. The number of rotatable bonds is 6. The lowest BCUT2D eigenvalue weighted by molar-refractivity contribution is -0.122. The van der Waals surface area contributed by atoms with Gasteiger partial charge in [0.15, 0.2) is 0 Å². The van der Waals surface area contributed by atoms with Gasteiger partial charge in [-0.1, -0.05) is 35.9 Å². The number of carbonyl (C=O) groups is 1. The summed E-state index contributed by atoms with van der Waals surface area (Å²) >= 11 is 5.92. The van der Waals surface area contributed by atoms with Gasteiger partial charge in [-0.3, -0.25) is 14.6 Å². The predicted molar refractivity (Wildman–Crippen MR) is 101 cm³/mol. The molecule has 0 atom stereocenters. The fourth-order valence-corrected chi connectivity index (χ4v) is 3.14. The third kappa shape index (κ3) is 5.80. The van der Waals surface area contributed by atoms with Crippen molar-refractivity contribution in [3.8, 4) is 0 Å². The summed E-state index contributed by atoms with van der Waals surface area (Å²) in [5, 5.41) is 3.65. The summed E-state index contributed by atoms with van der Waals surface area (Å²) in [4.78, 5) is 16.7. The minimum Gasteiger partial charge on any atom is -0.351 e. The highest BCUT2D eigenvalue weighted by molar-refractivity contribution is 6.30. The van der Waals surface area contributed by atoms with Crippen LogP contribution < -0.4 is 5.32 Å². The maximum atomic E-state index is 12.9. The number of amides is 1. The maximum Gasteiger partial charge on any atom is 0.234 e. The topological polar surface area (TPSA) is 35.6 Å². The summed E-state index contributed by atoms with van der Waals surface area (Å²) in [6, 6.07) is 14.1. The van der Waals surface area contributed by atoms with Crippen LogP contribution in [-0.2, 0) is 17.9 Å². The monoisotopic (exact) mass is 375 g/mol. The van der Waals surface area contributed by atoms with Crippen LogP contribution in [0.25, 0.3) is 0 Å². The number of nitrogens with one attached hydrogen (secondary N) is 1. The van der Waals surface area contributed by atoms with E-state index >= 15 is 0 Å². The zero-order valence-corrected chi connectivity index (χ0v) is 15.4. The Morgan fingerprint density at radius 3 is 2.15 bits per heavy atom. The third-order valence-corrected chi connectivity index (χ3v) is 4.81.